The second-order valence-electron chi connectivity index (χ2n) is 4.20. The predicted octanol–water partition coefficient (Wildman–Crippen LogP) is 1.39. The molecular weight excluding hydrogens is 226 g/mol. The number of hydrogen-bond acceptors (Lipinski definition) is 2. The van der Waals surface area contributed by atoms with Crippen LogP contribution in [0.5, 0.6) is 0 Å². The first-order chi connectivity index (χ1) is 8.69. The molecule has 1 aromatic rings. The van der Waals surface area contributed by atoms with Crippen LogP contribution in [-0.4, -0.2) is 41.3 Å². The van der Waals surface area contributed by atoms with Crippen molar-refractivity contribution in [2.24, 2.45) is 12.0 Å². The molecule has 0 aliphatic rings. The number of nitrogens with one attached hydrogen (secondary N) is 1. The molecule has 5 nitrogen and oxygen atoms in total. The van der Waals surface area contributed by atoms with Crippen molar-refractivity contribution in [3.63, 3.8) is 0 Å². The highest BCUT2D eigenvalue weighted by Gasteiger charge is 2.06. The molecule has 0 aliphatic carbocycles. The maximum absolute atomic E-state index is 4.27. The topological polar surface area (TPSA) is 45.4 Å². The van der Waals surface area contributed by atoms with E-state index < -0.39 is 0 Å². The third-order valence-corrected chi connectivity index (χ3v) is 2.83. The third-order valence-electron chi connectivity index (χ3n) is 2.83. The molecule has 0 saturated carbocycles. The molecule has 0 aromatic carbocycles. The van der Waals surface area contributed by atoms with Crippen molar-refractivity contribution < 1.29 is 0 Å². The number of aliphatic imine (C=N–C) groups is 1. The highest BCUT2D eigenvalue weighted by atomic mass is 15.3. The van der Waals surface area contributed by atoms with Gasteiger partial charge in [-0.3, -0.25) is 9.67 Å². The molecule has 1 aromatic heterocycles. The fourth-order valence-corrected chi connectivity index (χ4v) is 1.71. The summed E-state index contributed by atoms with van der Waals surface area (Å²) in [7, 11) is 5.78. The van der Waals surface area contributed by atoms with Gasteiger partial charge in [0.2, 0.25) is 0 Å². The van der Waals surface area contributed by atoms with E-state index in [1.54, 1.807) is 13.2 Å². The van der Waals surface area contributed by atoms with Crippen LogP contribution in [0.2, 0.25) is 0 Å². The normalized spacial score (nSPS) is 11.4. The van der Waals surface area contributed by atoms with Gasteiger partial charge in [-0.1, -0.05) is 6.08 Å². The van der Waals surface area contributed by atoms with Crippen molar-refractivity contribution in [3.8, 4) is 0 Å². The molecule has 0 saturated heterocycles. The van der Waals surface area contributed by atoms with Gasteiger partial charge in [0.05, 0.1) is 12.2 Å². The molecule has 0 unspecified atom stereocenters. The largest absolute Gasteiger partial charge is 0.351 e. The van der Waals surface area contributed by atoms with Crippen LogP contribution >= 0.6 is 0 Å². The Morgan fingerprint density at radius 1 is 1.67 bits per heavy atom. The zero-order valence-corrected chi connectivity index (χ0v) is 11.6. The predicted molar refractivity (Wildman–Crippen MR) is 75.5 cm³/mol. The van der Waals surface area contributed by atoms with E-state index >= 15 is 0 Å². The van der Waals surface area contributed by atoms with E-state index in [4.69, 9.17) is 0 Å². The summed E-state index contributed by atoms with van der Waals surface area (Å²) in [6.07, 6.45) is 5.86. The minimum absolute atomic E-state index is 0.731. The second-order valence-corrected chi connectivity index (χ2v) is 4.20. The molecule has 0 spiro atoms. The van der Waals surface area contributed by atoms with Gasteiger partial charge in [-0.2, -0.15) is 5.10 Å². The number of hydrogen-bond donors (Lipinski definition) is 1. The number of allylic oxidation sites excluding steroid dienone is 1. The van der Waals surface area contributed by atoms with E-state index in [1.165, 1.54) is 0 Å². The first-order valence-electron chi connectivity index (χ1n) is 6.18. The third kappa shape index (κ3) is 4.24. The Balaban J connectivity index is 2.42. The van der Waals surface area contributed by atoms with Gasteiger partial charge in [-0.05, 0) is 18.9 Å². The maximum Gasteiger partial charge on any atom is 0.193 e. The van der Waals surface area contributed by atoms with Crippen molar-refractivity contribution in [1.82, 2.24) is 20.0 Å². The molecule has 1 heterocycles. The van der Waals surface area contributed by atoms with Gasteiger partial charge in [0.25, 0.3) is 0 Å². The highest BCUT2D eigenvalue weighted by Crippen LogP contribution is 1.98. The average molecular weight is 249 g/mol. The van der Waals surface area contributed by atoms with Crippen LogP contribution in [0, 0.1) is 0 Å². The summed E-state index contributed by atoms with van der Waals surface area (Å²) in [6.45, 7) is 5.43. The number of nitrogens with zero attached hydrogens (tertiary/aromatic N) is 4. The number of aryl methyl sites for hydroxylation is 1. The molecule has 0 bridgehead atoms. The lowest BCUT2D eigenvalue weighted by Crippen LogP contribution is -2.39. The highest BCUT2D eigenvalue weighted by molar-refractivity contribution is 5.79. The van der Waals surface area contributed by atoms with Crippen molar-refractivity contribution in [3.05, 3.63) is 30.6 Å². The van der Waals surface area contributed by atoms with Crippen LogP contribution in [0.25, 0.3) is 0 Å². The fourth-order valence-electron chi connectivity index (χ4n) is 1.71. The summed E-state index contributed by atoms with van der Waals surface area (Å²) >= 11 is 0. The van der Waals surface area contributed by atoms with E-state index in [9.17, 15) is 0 Å². The Labute approximate surface area is 109 Å². The zero-order chi connectivity index (χ0) is 13.4. The van der Waals surface area contributed by atoms with Crippen LogP contribution in [-0.2, 0) is 13.6 Å². The second kappa shape index (κ2) is 7.53. The van der Waals surface area contributed by atoms with E-state index in [2.05, 4.69) is 26.9 Å². The number of rotatable bonds is 6. The lowest BCUT2D eigenvalue weighted by Gasteiger charge is -2.21. The summed E-state index contributed by atoms with van der Waals surface area (Å²) < 4.78 is 1.86. The number of aromatic nitrogens is 2. The van der Waals surface area contributed by atoms with Crippen LogP contribution in [0.15, 0.2) is 29.9 Å². The average Bonchev–Trinajstić information content (AvgIpc) is 2.76. The Kier molecular flexibility index (Phi) is 5.97. The van der Waals surface area contributed by atoms with Crippen molar-refractivity contribution in [2.75, 3.05) is 20.6 Å². The Morgan fingerprint density at radius 2 is 2.44 bits per heavy atom. The van der Waals surface area contributed by atoms with Gasteiger partial charge in [0.15, 0.2) is 5.96 Å². The van der Waals surface area contributed by atoms with E-state index in [1.807, 2.05) is 30.9 Å². The van der Waals surface area contributed by atoms with Crippen LogP contribution in [0.3, 0.4) is 0 Å². The summed E-state index contributed by atoms with van der Waals surface area (Å²) in [5.41, 5.74) is 1.13. The lowest BCUT2D eigenvalue weighted by atomic mass is 10.3. The van der Waals surface area contributed by atoms with Gasteiger partial charge < -0.3 is 10.2 Å². The van der Waals surface area contributed by atoms with Crippen LogP contribution < -0.4 is 5.32 Å². The maximum atomic E-state index is 4.27. The summed E-state index contributed by atoms with van der Waals surface area (Å²) in [4.78, 5) is 6.40. The van der Waals surface area contributed by atoms with Crippen LogP contribution in [0.1, 0.15) is 18.5 Å². The molecule has 1 N–H and O–H groups in total. The van der Waals surface area contributed by atoms with Gasteiger partial charge in [-0.15, -0.1) is 6.58 Å². The Morgan fingerprint density at radius 3 is 3.00 bits per heavy atom. The quantitative estimate of drug-likeness (QED) is 0.359. The van der Waals surface area contributed by atoms with Crippen molar-refractivity contribution >= 4 is 5.96 Å². The number of unbranched alkanes of at least 4 members (excludes halogenated alkanes) is 1. The smallest absolute Gasteiger partial charge is 0.193 e. The standard InChI is InChI=1S/C13H23N5/c1-5-6-7-10-17(3)13(14-2)15-11-12-8-9-16-18(12)4/h5,8-9H,1,6-7,10-11H2,2-4H3,(H,14,15). The molecular formula is C13H23N5. The van der Waals surface area contributed by atoms with E-state index in [-0.39, 0.29) is 0 Å². The minimum atomic E-state index is 0.731. The van der Waals surface area contributed by atoms with E-state index in [0.717, 1.165) is 37.6 Å². The monoisotopic (exact) mass is 249 g/mol. The summed E-state index contributed by atoms with van der Waals surface area (Å²) in [5, 5.41) is 7.47. The lowest BCUT2D eigenvalue weighted by molar-refractivity contribution is 0.468. The Bertz CT molecular complexity index is 394. The zero-order valence-electron chi connectivity index (χ0n) is 11.6. The molecule has 0 fully saturated rings. The molecule has 100 valence electrons. The molecule has 1 rings (SSSR count). The van der Waals surface area contributed by atoms with Gasteiger partial charge in [0.1, 0.15) is 0 Å². The molecule has 0 atom stereocenters. The first kappa shape index (κ1) is 14.3. The van der Waals surface area contributed by atoms with Gasteiger partial charge in [0, 0.05) is 33.9 Å². The number of guanidine groups is 1. The van der Waals surface area contributed by atoms with Gasteiger partial charge >= 0.3 is 0 Å². The summed E-state index contributed by atoms with van der Waals surface area (Å²) in [5.74, 6) is 0.903. The van der Waals surface area contributed by atoms with Crippen LogP contribution in [0.4, 0.5) is 0 Å². The Hall–Kier alpha value is -1.78. The van der Waals surface area contributed by atoms with Crippen molar-refractivity contribution in [1.29, 1.82) is 0 Å². The fraction of sp³-hybridized carbons (Fsp3) is 0.538. The molecule has 0 amide bonds. The minimum Gasteiger partial charge on any atom is -0.351 e. The van der Waals surface area contributed by atoms with Gasteiger partial charge in [-0.25, -0.2) is 0 Å². The molecule has 0 aliphatic heterocycles. The van der Waals surface area contributed by atoms with E-state index in [0.29, 0.717) is 0 Å². The molecule has 0 radical (unpaired) electrons. The molecule has 5 heteroatoms. The summed E-state index contributed by atoms with van der Waals surface area (Å²) in [6, 6.07) is 2.00. The SMILES string of the molecule is C=CCCCN(C)C(=NC)NCc1ccnn1C. The first-order valence-corrected chi connectivity index (χ1v) is 6.18. The van der Waals surface area contributed by atoms with Crippen molar-refractivity contribution in [2.45, 2.75) is 19.4 Å². The molecule has 18 heavy (non-hydrogen) atoms.